The molecule has 0 bridgehead atoms. The molecule has 1 N–H and O–H groups in total. The van der Waals surface area contributed by atoms with E-state index < -0.39 is 5.97 Å². The van der Waals surface area contributed by atoms with Crippen LogP contribution in [0, 0.1) is 5.92 Å². The van der Waals surface area contributed by atoms with Gasteiger partial charge in [-0.05, 0) is 101 Å². The first-order valence-electron chi connectivity index (χ1n) is 12.7. The van der Waals surface area contributed by atoms with Crippen LogP contribution in [0.25, 0.3) is 11.1 Å². The second kappa shape index (κ2) is 11.0. The summed E-state index contributed by atoms with van der Waals surface area (Å²) in [7, 11) is 0. The van der Waals surface area contributed by atoms with Crippen molar-refractivity contribution in [2.75, 3.05) is 26.3 Å². The van der Waals surface area contributed by atoms with Crippen LogP contribution in [-0.4, -0.2) is 42.3 Å². The summed E-state index contributed by atoms with van der Waals surface area (Å²) >= 11 is 6.18. The predicted molar refractivity (Wildman–Crippen MR) is 144 cm³/mol. The van der Waals surface area contributed by atoms with Gasteiger partial charge in [-0.2, -0.15) is 0 Å². The molecule has 0 unspecified atom stereocenters. The molecule has 1 aliphatic carbocycles. The van der Waals surface area contributed by atoms with Crippen LogP contribution < -0.4 is 0 Å². The standard InChI is InChI=1S/C31H31ClFNO2/c32-27-12-9-23(10-13-27)28-4-1-3-25-18-26(31(35)36)11-14-29(25)30(28)24-7-5-21(6-8-24)17-22-19-34(20-22)16-2-15-33/h5-14,18,22H,1-4,15-17,19-20H2,(H,35,36). The first kappa shape index (κ1) is 24.7. The summed E-state index contributed by atoms with van der Waals surface area (Å²) < 4.78 is 12.4. The van der Waals surface area contributed by atoms with E-state index in [-0.39, 0.29) is 6.67 Å². The summed E-state index contributed by atoms with van der Waals surface area (Å²) in [4.78, 5) is 14.0. The van der Waals surface area contributed by atoms with Crippen molar-refractivity contribution in [3.63, 3.8) is 0 Å². The van der Waals surface area contributed by atoms with Crippen LogP contribution in [0.4, 0.5) is 4.39 Å². The van der Waals surface area contributed by atoms with Gasteiger partial charge < -0.3 is 10.0 Å². The number of likely N-dealkylation sites (tertiary alicyclic amines) is 1. The van der Waals surface area contributed by atoms with Gasteiger partial charge in [-0.15, -0.1) is 0 Å². The summed E-state index contributed by atoms with van der Waals surface area (Å²) in [6.45, 7) is 2.72. The number of hydrogen-bond acceptors (Lipinski definition) is 2. The summed E-state index contributed by atoms with van der Waals surface area (Å²) in [5.41, 5.74) is 8.58. The molecular formula is C31H31ClFNO2. The lowest BCUT2D eigenvalue weighted by Crippen LogP contribution is -2.47. The van der Waals surface area contributed by atoms with Crippen molar-refractivity contribution < 1.29 is 14.3 Å². The molecule has 3 aromatic rings. The lowest BCUT2D eigenvalue weighted by atomic mass is 9.86. The maximum absolute atomic E-state index is 12.4. The molecule has 5 rings (SSSR count). The predicted octanol–water partition coefficient (Wildman–Crippen LogP) is 7.17. The number of benzene rings is 3. The molecule has 0 radical (unpaired) electrons. The van der Waals surface area contributed by atoms with Crippen LogP contribution in [0.15, 0.2) is 66.7 Å². The zero-order valence-electron chi connectivity index (χ0n) is 20.4. The van der Waals surface area contributed by atoms with Crippen LogP contribution in [0.2, 0.25) is 5.02 Å². The van der Waals surface area contributed by atoms with E-state index >= 15 is 0 Å². The Balaban J connectivity index is 1.48. The van der Waals surface area contributed by atoms with E-state index in [1.54, 1.807) is 6.07 Å². The highest BCUT2D eigenvalue weighted by Gasteiger charge is 2.26. The second-order valence-electron chi connectivity index (χ2n) is 9.96. The van der Waals surface area contributed by atoms with Gasteiger partial charge in [-0.3, -0.25) is 4.39 Å². The number of nitrogens with zero attached hydrogens (tertiary/aromatic N) is 1. The van der Waals surface area contributed by atoms with E-state index in [9.17, 15) is 14.3 Å². The molecular weight excluding hydrogens is 473 g/mol. The Morgan fingerprint density at radius 1 is 0.972 bits per heavy atom. The number of carboxylic acid groups (broad SMARTS) is 1. The second-order valence-corrected chi connectivity index (χ2v) is 10.4. The fourth-order valence-electron chi connectivity index (χ4n) is 5.60. The summed E-state index contributed by atoms with van der Waals surface area (Å²) in [6, 6.07) is 22.4. The van der Waals surface area contributed by atoms with Crippen molar-refractivity contribution >= 4 is 28.7 Å². The molecule has 1 aliphatic heterocycles. The smallest absolute Gasteiger partial charge is 0.335 e. The molecule has 36 heavy (non-hydrogen) atoms. The molecule has 1 fully saturated rings. The number of carbonyl (C=O) groups is 1. The molecule has 186 valence electrons. The zero-order valence-corrected chi connectivity index (χ0v) is 21.1. The molecule has 0 saturated carbocycles. The molecule has 0 amide bonds. The fraction of sp³-hybridized carbons (Fsp3) is 0.323. The molecule has 0 aromatic heterocycles. The Hall–Kier alpha value is -2.95. The van der Waals surface area contributed by atoms with E-state index in [2.05, 4.69) is 41.3 Å². The van der Waals surface area contributed by atoms with Crippen molar-refractivity contribution in [2.24, 2.45) is 5.92 Å². The Morgan fingerprint density at radius 2 is 1.69 bits per heavy atom. The van der Waals surface area contributed by atoms with Crippen LogP contribution >= 0.6 is 11.6 Å². The highest BCUT2D eigenvalue weighted by atomic mass is 35.5. The molecule has 0 spiro atoms. The van der Waals surface area contributed by atoms with Crippen molar-refractivity contribution in [2.45, 2.75) is 32.1 Å². The number of allylic oxidation sites excluding steroid dienone is 1. The van der Waals surface area contributed by atoms with Crippen molar-refractivity contribution in [3.8, 4) is 0 Å². The number of carboxylic acids is 1. The lowest BCUT2D eigenvalue weighted by Gasteiger charge is -2.39. The number of hydrogen-bond donors (Lipinski definition) is 1. The third-order valence-corrected chi connectivity index (χ3v) is 7.65. The average molecular weight is 504 g/mol. The van der Waals surface area contributed by atoms with Crippen LogP contribution in [0.3, 0.4) is 0 Å². The Kier molecular flexibility index (Phi) is 7.54. The number of aryl methyl sites for hydroxylation is 1. The molecule has 3 nitrogen and oxygen atoms in total. The Morgan fingerprint density at radius 3 is 2.39 bits per heavy atom. The topological polar surface area (TPSA) is 40.5 Å². The van der Waals surface area contributed by atoms with Crippen molar-refractivity contribution in [3.05, 3.63) is 105 Å². The minimum atomic E-state index is -0.894. The maximum Gasteiger partial charge on any atom is 0.335 e. The summed E-state index contributed by atoms with van der Waals surface area (Å²) in [6.07, 6.45) is 4.37. The number of fused-ring (bicyclic) bond motifs is 1. The third-order valence-electron chi connectivity index (χ3n) is 7.40. The number of aromatic carboxylic acids is 1. The van der Waals surface area contributed by atoms with E-state index in [4.69, 9.17) is 11.6 Å². The monoisotopic (exact) mass is 503 g/mol. The van der Waals surface area contributed by atoms with Gasteiger partial charge in [-0.1, -0.05) is 54.1 Å². The first-order valence-corrected chi connectivity index (χ1v) is 13.1. The Bertz CT molecular complexity index is 1260. The average Bonchev–Trinajstić information content (AvgIpc) is 3.05. The SMILES string of the molecule is O=C(O)c1ccc2c(c1)CCCC(c1ccc(Cl)cc1)=C2c1ccc(CC2CN(CCCF)C2)cc1. The normalized spacial score (nSPS) is 16.4. The summed E-state index contributed by atoms with van der Waals surface area (Å²) in [5.74, 6) is -0.263. The Labute approximate surface area is 217 Å². The van der Waals surface area contributed by atoms with Crippen LogP contribution in [0.1, 0.15) is 57.4 Å². The highest BCUT2D eigenvalue weighted by molar-refractivity contribution is 6.30. The van der Waals surface area contributed by atoms with Gasteiger partial charge >= 0.3 is 5.97 Å². The third kappa shape index (κ3) is 5.40. The van der Waals surface area contributed by atoms with E-state index in [0.717, 1.165) is 67.6 Å². The molecule has 5 heteroatoms. The first-order chi connectivity index (χ1) is 17.5. The summed E-state index contributed by atoms with van der Waals surface area (Å²) in [5, 5.41) is 10.3. The van der Waals surface area contributed by atoms with Gasteiger partial charge in [0.25, 0.3) is 0 Å². The molecule has 1 heterocycles. The van der Waals surface area contributed by atoms with Gasteiger partial charge in [-0.25, -0.2) is 4.79 Å². The van der Waals surface area contributed by atoms with Crippen LogP contribution in [0.5, 0.6) is 0 Å². The number of halogens is 2. The molecule has 0 atom stereocenters. The molecule has 2 aliphatic rings. The van der Waals surface area contributed by atoms with E-state index in [0.29, 0.717) is 22.9 Å². The minimum absolute atomic E-state index is 0.239. The number of rotatable bonds is 8. The molecule has 1 saturated heterocycles. The lowest BCUT2D eigenvalue weighted by molar-refractivity contribution is 0.0696. The van der Waals surface area contributed by atoms with Gasteiger partial charge in [0.05, 0.1) is 12.2 Å². The largest absolute Gasteiger partial charge is 0.478 e. The van der Waals surface area contributed by atoms with E-state index in [1.165, 1.54) is 16.7 Å². The van der Waals surface area contributed by atoms with Gasteiger partial charge in [0.2, 0.25) is 0 Å². The van der Waals surface area contributed by atoms with Crippen LogP contribution in [-0.2, 0) is 12.8 Å². The van der Waals surface area contributed by atoms with Gasteiger partial charge in [0.1, 0.15) is 0 Å². The number of alkyl halides is 1. The zero-order chi connectivity index (χ0) is 25.1. The minimum Gasteiger partial charge on any atom is -0.478 e. The molecule has 3 aromatic carbocycles. The van der Waals surface area contributed by atoms with Crippen molar-refractivity contribution in [1.82, 2.24) is 4.90 Å². The quantitative estimate of drug-likeness (QED) is 0.354. The highest BCUT2D eigenvalue weighted by Crippen LogP contribution is 2.40. The fourth-order valence-corrected chi connectivity index (χ4v) is 5.73. The van der Waals surface area contributed by atoms with E-state index in [1.807, 2.05) is 24.3 Å². The van der Waals surface area contributed by atoms with Crippen molar-refractivity contribution in [1.29, 1.82) is 0 Å². The van der Waals surface area contributed by atoms with Gasteiger partial charge in [0, 0.05) is 24.7 Å². The van der Waals surface area contributed by atoms with Gasteiger partial charge in [0.15, 0.2) is 0 Å². The maximum atomic E-state index is 12.4.